The van der Waals surface area contributed by atoms with Crippen molar-refractivity contribution in [1.29, 1.82) is 0 Å². The van der Waals surface area contributed by atoms with Crippen LogP contribution in [0.25, 0.3) is 0 Å². The standard InChI is InChI=1S/C21H30N2O3Si/c1-20(2,3)26-19(24)23-10-7-9-21(23)13-18(21)25-17-12-16(14-22-15-17)8-11-27(4,5)6/h12,14-15,18H,7,9-10,13H2,1-6H3. The zero-order valence-corrected chi connectivity index (χ0v) is 18.3. The highest BCUT2D eigenvalue weighted by Gasteiger charge is 2.64. The van der Waals surface area contributed by atoms with E-state index in [4.69, 9.17) is 9.47 Å². The lowest BCUT2D eigenvalue weighted by Crippen LogP contribution is -2.43. The number of aromatic nitrogens is 1. The van der Waals surface area contributed by atoms with Crippen molar-refractivity contribution in [2.45, 2.75) is 76.9 Å². The molecule has 3 rings (SSSR count). The van der Waals surface area contributed by atoms with Crippen LogP contribution in [0.5, 0.6) is 5.75 Å². The largest absolute Gasteiger partial charge is 0.486 e. The Morgan fingerprint density at radius 1 is 1.33 bits per heavy atom. The second kappa shape index (κ2) is 6.86. The first-order chi connectivity index (χ1) is 12.5. The maximum absolute atomic E-state index is 12.6. The van der Waals surface area contributed by atoms with E-state index in [0.717, 1.165) is 37.1 Å². The summed E-state index contributed by atoms with van der Waals surface area (Å²) in [5, 5.41) is 0. The Morgan fingerprint density at radius 2 is 2.07 bits per heavy atom. The molecule has 1 saturated heterocycles. The zero-order valence-electron chi connectivity index (χ0n) is 17.3. The van der Waals surface area contributed by atoms with E-state index in [2.05, 4.69) is 36.1 Å². The van der Waals surface area contributed by atoms with Crippen LogP contribution in [0.1, 0.15) is 45.6 Å². The molecule has 1 aromatic rings. The maximum Gasteiger partial charge on any atom is 0.410 e. The minimum atomic E-state index is -1.43. The maximum atomic E-state index is 12.6. The number of amides is 1. The fourth-order valence-electron chi connectivity index (χ4n) is 3.43. The predicted molar refractivity (Wildman–Crippen MR) is 108 cm³/mol. The second-order valence-corrected chi connectivity index (χ2v) is 14.3. The molecular formula is C21H30N2O3Si. The number of rotatable bonds is 2. The van der Waals surface area contributed by atoms with Crippen molar-refractivity contribution in [1.82, 2.24) is 9.88 Å². The minimum absolute atomic E-state index is 0.00508. The zero-order chi connectivity index (χ0) is 19.9. The molecule has 6 heteroatoms. The molecule has 1 saturated carbocycles. The van der Waals surface area contributed by atoms with Gasteiger partial charge in [-0.15, -0.1) is 5.54 Å². The average molecular weight is 387 g/mol. The number of nitrogens with zero attached hydrogens (tertiary/aromatic N) is 2. The van der Waals surface area contributed by atoms with Crippen molar-refractivity contribution in [3.63, 3.8) is 0 Å². The van der Waals surface area contributed by atoms with E-state index < -0.39 is 13.7 Å². The van der Waals surface area contributed by atoms with Crippen LogP contribution in [0.15, 0.2) is 18.5 Å². The van der Waals surface area contributed by atoms with Crippen LogP contribution in [0.4, 0.5) is 4.79 Å². The first-order valence-corrected chi connectivity index (χ1v) is 13.1. The molecule has 0 radical (unpaired) electrons. The van der Waals surface area contributed by atoms with E-state index in [0.29, 0.717) is 0 Å². The summed E-state index contributed by atoms with van der Waals surface area (Å²) in [7, 11) is -1.43. The summed E-state index contributed by atoms with van der Waals surface area (Å²) in [6.45, 7) is 13.1. The number of hydrogen-bond acceptors (Lipinski definition) is 4. The lowest BCUT2D eigenvalue weighted by Gasteiger charge is -2.29. The fraction of sp³-hybridized carbons (Fsp3) is 0.619. The third kappa shape index (κ3) is 4.84. The van der Waals surface area contributed by atoms with Crippen LogP contribution < -0.4 is 4.74 Å². The average Bonchev–Trinajstić information content (AvgIpc) is 3.00. The van der Waals surface area contributed by atoms with Crippen molar-refractivity contribution in [3.05, 3.63) is 24.0 Å². The van der Waals surface area contributed by atoms with E-state index in [1.54, 1.807) is 12.4 Å². The Morgan fingerprint density at radius 3 is 2.74 bits per heavy atom. The van der Waals surface area contributed by atoms with Crippen molar-refractivity contribution < 1.29 is 14.3 Å². The molecule has 0 N–H and O–H groups in total. The number of pyridine rings is 1. The molecule has 1 aromatic heterocycles. The molecule has 5 nitrogen and oxygen atoms in total. The quantitative estimate of drug-likeness (QED) is 0.564. The van der Waals surface area contributed by atoms with Gasteiger partial charge in [0.25, 0.3) is 0 Å². The van der Waals surface area contributed by atoms with Gasteiger partial charge < -0.3 is 9.47 Å². The van der Waals surface area contributed by atoms with Crippen molar-refractivity contribution in [3.8, 4) is 17.2 Å². The molecular weight excluding hydrogens is 356 g/mol. The molecule has 1 aliphatic carbocycles. The molecule has 27 heavy (non-hydrogen) atoms. The minimum Gasteiger partial charge on any atom is -0.486 e. The normalized spacial score (nSPS) is 24.4. The van der Waals surface area contributed by atoms with E-state index in [-0.39, 0.29) is 17.7 Å². The summed E-state index contributed by atoms with van der Waals surface area (Å²) >= 11 is 0. The van der Waals surface area contributed by atoms with Crippen molar-refractivity contribution in [2.75, 3.05) is 6.54 Å². The lowest BCUT2D eigenvalue weighted by atomic mass is 10.2. The topological polar surface area (TPSA) is 51.7 Å². The molecule has 2 fully saturated rings. The van der Waals surface area contributed by atoms with Crippen LogP contribution in [-0.2, 0) is 4.74 Å². The summed E-state index contributed by atoms with van der Waals surface area (Å²) in [5.41, 5.74) is 3.52. The van der Waals surface area contributed by atoms with Gasteiger partial charge in [-0.3, -0.25) is 9.88 Å². The number of carbonyl (C=O) groups excluding carboxylic acids is 1. The molecule has 2 aliphatic rings. The van der Waals surface area contributed by atoms with Crippen molar-refractivity contribution in [2.24, 2.45) is 0 Å². The number of likely N-dealkylation sites (tertiary alicyclic amines) is 1. The van der Waals surface area contributed by atoms with Crippen LogP contribution in [-0.4, -0.2) is 47.8 Å². The number of carbonyl (C=O) groups is 1. The van der Waals surface area contributed by atoms with Crippen LogP contribution in [0.3, 0.4) is 0 Å². The summed E-state index contributed by atoms with van der Waals surface area (Å²) in [6.07, 6.45) is 6.03. The van der Waals surface area contributed by atoms with Gasteiger partial charge in [0, 0.05) is 24.7 Å². The monoisotopic (exact) mass is 386 g/mol. The highest BCUT2D eigenvalue weighted by molar-refractivity contribution is 6.83. The Kier molecular flexibility index (Phi) is 5.02. The first-order valence-electron chi connectivity index (χ1n) is 9.64. The summed E-state index contributed by atoms with van der Waals surface area (Å²) in [5.74, 6) is 3.93. The fourth-order valence-corrected chi connectivity index (χ4v) is 3.95. The SMILES string of the molecule is CC(C)(C)OC(=O)N1CCCC12CC2Oc1cncc(C#C[Si](C)(C)C)c1. The van der Waals surface area contributed by atoms with Gasteiger partial charge in [0.1, 0.15) is 25.5 Å². The molecule has 0 aromatic carbocycles. The Hall–Kier alpha value is -2.00. The van der Waals surface area contributed by atoms with Gasteiger partial charge in [-0.25, -0.2) is 4.79 Å². The highest BCUT2D eigenvalue weighted by atomic mass is 28.3. The van der Waals surface area contributed by atoms with Gasteiger partial charge in [0.15, 0.2) is 0 Å². The molecule has 2 unspecified atom stereocenters. The van der Waals surface area contributed by atoms with Crippen LogP contribution in [0, 0.1) is 11.5 Å². The summed E-state index contributed by atoms with van der Waals surface area (Å²) in [4.78, 5) is 18.7. The molecule has 0 bridgehead atoms. The van der Waals surface area contributed by atoms with E-state index in [9.17, 15) is 4.79 Å². The molecule has 146 valence electrons. The van der Waals surface area contributed by atoms with Gasteiger partial charge in [0.05, 0.1) is 11.7 Å². The van der Waals surface area contributed by atoms with E-state index in [1.807, 2.05) is 31.7 Å². The van der Waals surface area contributed by atoms with E-state index in [1.165, 1.54) is 0 Å². The first kappa shape index (κ1) is 19.8. The smallest absolute Gasteiger partial charge is 0.410 e. The third-order valence-corrected chi connectivity index (χ3v) is 5.57. The van der Waals surface area contributed by atoms with Gasteiger partial charge in [-0.2, -0.15) is 0 Å². The van der Waals surface area contributed by atoms with Gasteiger partial charge in [-0.1, -0.05) is 25.6 Å². The number of hydrogen-bond donors (Lipinski definition) is 0. The van der Waals surface area contributed by atoms with Gasteiger partial charge in [-0.05, 0) is 39.7 Å². The molecule has 1 amide bonds. The molecule has 2 atom stereocenters. The van der Waals surface area contributed by atoms with Gasteiger partial charge >= 0.3 is 6.09 Å². The third-order valence-electron chi connectivity index (χ3n) is 4.69. The summed E-state index contributed by atoms with van der Waals surface area (Å²) in [6, 6.07) is 1.94. The van der Waals surface area contributed by atoms with Crippen molar-refractivity contribution >= 4 is 14.2 Å². The molecule has 1 aliphatic heterocycles. The molecule has 2 heterocycles. The Balaban J connectivity index is 1.68. The molecule has 1 spiro atoms. The predicted octanol–water partition coefficient (Wildman–Crippen LogP) is 4.23. The second-order valence-electron chi connectivity index (χ2n) is 9.56. The highest BCUT2D eigenvalue weighted by Crippen LogP contribution is 2.52. The number of ether oxygens (including phenoxy) is 2. The van der Waals surface area contributed by atoms with Gasteiger partial charge in [0.2, 0.25) is 0 Å². The van der Waals surface area contributed by atoms with E-state index >= 15 is 0 Å². The lowest BCUT2D eigenvalue weighted by molar-refractivity contribution is 0.0165. The van der Waals surface area contributed by atoms with Crippen LogP contribution >= 0.6 is 0 Å². The van der Waals surface area contributed by atoms with Crippen LogP contribution in [0.2, 0.25) is 19.6 Å². The Labute approximate surface area is 163 Å². The Bertz CT molecular complexity index is 785. The summed E-state index contributed by atoms with van der Waals surface area (Å²) < 4.78 is 11.8.